The van der Waals surface area contributed by atoms with Gasteiger partial charge in [0.1, 0.15) is 6.04 Å². The molecule has 0 aliphatic carbocycles. The van der Waals surface area contributed by atoms with Crippen molar-refractivity contribution in [3.05, 3.63) is 0 Å². The van der Waals surface area contributed by atoms with Crippen molar-refractivity contribution < 1.29 is 13.2 Å². The van der Waals surface area contributed by atoms with E-state index >= 15 is 0 Å². The number of rotatable bonds is 4. The summed E-state index contributed by atoms with van der Waals surface area (Å²) in [5, 5.41) is 0. The van der Waals surface area contributed by atoms with E-state index in [-0.39, 0.29) is 12.0 Å². The van der Waals surface area contributed by atoms with Crippen molar-refractivity contribution in [1.29, 1.82) is 0 Å². The fourth-order valence-corrected chi connectivity index (χ4v) is 2.76. The van der Waals surface area contributed by atoms with Gasteiger partial charge < -0.3 is 5.73 Å². The highest BCUT2D eigenvalue weighted by atomic mass is 19.4. The van der Waals surface area contributed by atoms with E-state index in [2.05, 4.69) is 13.8 Å². The highest BCUT2D eigenvalue weighted by Crippen LogP contribution is 2.39. The summed E-state index contributed by atoms with van der Waals surface area (Å²) in [6.45, 7) is 4.95. The van der Waals surface area contributed by atoms with Crippen LogP contribution in [0.25, 0.3) is 0 Å². The highest BCUT2D eigenvalue weighted by Gasteiger charge is 2.44. The molecule has 2 N–H and O–H groups in total. The van der Waals surface area contributed by atoms with Crippen molar-refractivity contribution in [2.24, 2.45) is 11.1 Å². The summed E-state index contributed by atoms with van der Waals surface area (Å²) >= 11 is 0. The van der Waals surface area contributed by atoms with Crippen LogP contribution in [0.5, 0.6) is 0 Å². The molecule has 1 rings (SSSR count). The van der Waals surface area contributed by atoms with Crippen LogP contribution in [0, 0.1) is 5.41 Å². The Morgan fingerprint density at radius 1 is 1.18 bits per heavy atom. The van der Waals surface area contributed by atoms with Gasteiger partial charge in [-0.25, -0.2) is 0 Å². The first-order valence-corrected chi connectivity index (χ1v) is 6.39. The van der Waals surface area contributed by atoms with E-state index in [1.807, 2.05) is 0 Å². The van der Waals surface area contributed by atoms with E-state index in [1.165, 1.54) is 4.90 Å². The molecule has 1 unspecified atom stereocenters. The summed E-state index contributed by atoms with van der Waals surface area (Å²) in [6.07, 6.45) is -0.389. The van der Waals surface area contributed by atoms with Crippen molar-refractivity contribution in [2.75, 3.05) is 19.6 Å². The number of hydrogen-bond acceptors (Lipinski definition) is 2. The third-order valence-corrected chi connectivity index (χ3v) is 4.40. The fourth-order valence-electron chi connectivity index (χ4n) is 2.76. The third kappa shape index (κ3) is 3.35. The van der Waals surface area contributed by atoms with Gasteiger partial charge in [0.15, 0.2) is 0 Å². The Labute approximate surface area is 101 Å². The molecular weight excluding hydrogens is 229 g/mol. The lowest BCUT2D eigenvalue weighted by molar-refractivity contribution is -0.186. The Balaban J connectivity index is 2.62. The average Bonchev–Trinajstić information content (AvgIpc) is 2.29. The van der Waals surface area contributed by atoms with Gasteiger partial charge in [0.2, 0.25) is 0 Å². The fraction of sp³-hybridized carbons (Fsp3) is 1.00. The lowest BCUT2D eigenvalue weighted by Crippen LogP contribution is -2.54. The molecule has 0 saturated carbocycles. The molecule has 0 bridgehead atoms. The minimum absolute atomic E-state index is 0.251. The Morgan fingerprint density at radius 3 is 1.94 bits per heavy atom. The molecule has 102 valence electrons. The first-order valence-electron chi connectivity index (χ1n) is 6.39. The van der Waals surface area contributed by atoms with Gasteiger partial charge in [0.05, 0.1) is 0 Å². The van der Waals surface area contributed by atoms with Gasteiger partial charge in [-0.3, -0.25) is 4.90 Å². The van der Waals surface area contributed by atoms with E-state index in [1.54, 1.807) is 0 Å². The van der Waals surface area contributed by atoms with Crippen LogP contribution in [0.15, 0.2) is 0 Å². The Morgan fingerprint density at radius 2 is 1.65 bits per heavy atom. The van der Waals surface area contributed by atoms with E-state index < -0.39 is 12.2 Å². The number of hydrogen-bond donors (Lipinski definition) is 1. The molecule has 0 spiro atoms. The van der Waals surface area contributed by atoms with Crippen LogP contribution < -0.4 is 5.73 Å². The summed E-state index contributed by atoms with van der Waals surface area (Å²) in [4.78, 5) is 1.50. The van der Waals surface area contributed by atoms with Crippen molar-refractivity contribution >= 4 is 0 Å². The number of halogens is 3. The van der Waals surface area contributed by atoms with Gasteiger partial charge in [0, 0.05) is 6.54 Å². The second-order valence-corrected chi connectivity index (χ2v) is 5.04. The van der Waals surface area contributed by atoms with Gasteiger partial charge in [-0.15, -0.1) is 0 Å². The van der Waals surface area contributed by atoms with E-state index in [0.29, 0.717) is 13.1 Å². The summed E-state index contributed by atoms with van der Waals surface area (Å²) in [7, 11) is 0. The number of nitrogens with two attached hydrogens (primary N) is 1. The van der Waals surface area contributed by atoms with Crippen LogP contribution in [0.2, 0.25) is 0 Å². The standard InChI is InChI=1S/C12H23F3N2/c1-3-11(4-2)5-7-17(8-6-11)10(9-16)12(13,14)15/h10H,3-9,16H2,1-2H3. The number of piperidine rings is 1. The molecule has 5 heteroatoms. The molecule has 0 aromatic carbocycles. The maximum atomic E-state index is 12.7. The van der Waals surface area contributed by atoms with Crippen molar-refractivity contribution in [2.45, 2.75) is 51.7 Å². The first kappa shape index (κ1) is 14.8. The summed E-state index contributed by atoms with van der Waals surface area (Å²) in [6, 6.07) is -1.46. The second-order valence-electron chi connectivity index (χ2n) is 5.04. The molecule has 1 heterocycles. The van der Waals surface area contributed by atoms with Crippen molar-refractivity contribution in [3.8, 4) is 0 Å². The average molecular weight is 252 g/mol. The lowest BCUT2D eigenvalue weighted by atomic mass is 9.74. The Hall–Kier alpha value is -0.290. The largest absolute Gasteiger partial charge is 0.405 e. The second kappa shape index (κ2) is 5.57. The molecule has 17 heavy (non-hydrogen) atoms. The van der Waals surface area contributed by atoms with E-state index in [9.17, 15) is 13.2 Å². The maximum Gasteiger partial charge on any atom is 0.405 e. The number of nitrogens with zero attached hydrogens (tertiary/aromatic N) is 1. The monoisotopic (exact) mass is 252 g/mol. The first-order chi connectivity index (χ1) is 7.88. The zero-order valence-electron chi connectivity index (χ0n) is 10.7. The molecule has 0 radical (unpaired) electrons. The molecule has 1 saturated heterocycles. The van der Waals surface area contributed by atoms with Gasteiger partial charge in [-0.2, -0.15) is 13.2 Å². The third-order valence-electron chi connectivity index (χ3n) is 4.40. The van der Waals surface area contributed by atoms with Crippen LogP contribution >= 0.6 is 0 Å². The zero-order valence-corrected chi connectivity index (χ0v) is 10.7. The molecular formula is C12H23F3N2. The van der Waals surface area contributed by atoms with E-state index in [0.717, 1.165) is 25.7 Å². The van der Waals surface area contributed by atoms with Gasteiger partial charge >= 0.3 is 6.18 Å². The summed E-state index contributed by atoms with van der Waals surface area (Å²) < 4.78 is 38.2. The van der Waals surface area contributed by atoms with Crippen LogP contribution in [-0.4, -0.2) is 36.8 Å². The van der Waals surface area contributed by atoms with Gasteiger partial charge in [-0.1, -0.05) is 26.7 Å². The highest BCUT2D eigenvalue weighted by molar-refractivity contribution is 4.89. The van der Waals surface area contributed by atoms with E-state index in [4.69, 9.17) is 5.73 Å². The number of likely N-dealkylation sites (tertiary alicyclic amines) is 1. The molecule has 0 aromatic rings. The number of alkyl halides is 3. The molecule has 0 aromatic heterocycles. The summed E-state index contributed by atoms with van der Waals surface area (Å²) in [5.41, 5.74) is 5.51. The summed E-state index contributed by atoms with van der Waals surface area (Å²) in [5.74, 6) is 0. The van der Waals surface area contributed by atoms with Crippen molar-refractivity contribution in [1.82, 2.24) is 4.90 Å². The molecule has 1 aliphatic heterocycles. The molecule has 1 fully saturated rings. The van der Waals surface area contributed by atoms with Gasteiger partial charge in [0.25, 0.3) is 0 Å². The van der Waals surface area contributed by atoms with Crippen LogP contribution in [0.1, 0.15) is 39.5 Å². The zero-order chi connectivity index (χ0) is 13.1. The predicted molar refractivity (Wildman–Crippen MR) is 62.7 cm³/mol. The molecule has 2 nitrogen and oxygen atoms in total. The minimum Gasteiger partial charge on any atom is -0.329 e. The predicted octanol–water partition coefficient (Wildman–Crippen LogP) is 2.78. The van der Waals surface area contributed by atoms with Crippen molar-refractivity contribution in [3.63, 3.8) is 0 Å². The van der Waals surface area contributed by atoms with Crippen LogP contribution in [0.4, 0.5) is 13.2 Å². The topological polar surface area (TPSA) is 29.3 Å². The van der Waals surface area contributed by atoms with Gasteiger partial charge in [-0.05, 0) is 31.3 Å². The Kier molecular flexibility index (Phi) is 4.84. The molecule has 1 aliphatic rings. The normalized spacial score (nSPS) is 23.6. The SMILES string of the molecule is CCC1(CC)CCN(C(CN)C(F)(F)F)CC1. The molecule has 0 amide bonds. The smallest absolute Gasteiger partial charge is 0.329 e. The Bertz CT molecular complexity index is 226. The quantitative estimate of drug-likeness (QED) is 0.833. The maximum absolute atomic E-state index is 12.7. The minimum atomic E-state index is -4.20. The molecule has 1 atom stereocenters. The lowest BCUT2D eigenvalue weighted by Gasteiger charge is -2.44. The van der Waals surface area contributed by atoms with Crippen LogP contribution in [0.3, 0.4) is 0 Å². The van der Waals surface area contributed by atoms with Crippen LogP contribution in [-0.2, 0) is 0 Å².